The van der Waals surface area contributed by atoms with E-state index in [0.29, 0.717) is 16.9 Å². The van der Waals surface area contributed by atoms with Crippen LogP contribution < -0.4 is 10.5 Å². The van der Waals surface area contributed by atoms with E-state index in [1.54, 1.807) is 37.3 Å². The highest BCUT2D eigenvalue weighted by molar-refractivity contribution is 5.94. The molecule has 5 nitrogen and oxygen atoms in total. The quantitative estimate of drug-likeness (QED) is 0.223. The first-order valence-electron chi connectivity index (χ1n) is 11.2. The second-order valence-corrected chi connectivity index (χ2v) is 8.03. The van der Waals surface area contributed by atoms with E-state index in [9.17, 15) is 18.0 Å². The fraction of sp³-hybridized carbons (Fsp3) is 0.222. The molecule has 0 radical (unpaired) electrons. The Morgan fingerprint density at radius 3 is 2.47 bits per heavy atom. The van der Waals surface area contributed by atoms with Crippen molar-refractivity contribution < 1.29 is 36.2 Å². The molecular weight excluding hydrogens is 478 g/mol. The van der Waals surface area contributed by atoms with Crippen LogP contribution in [0.3, 0.4) is 0 Å². The molecule has 0 saturated heterocycles. The van der Waals surface area contributed by atoms with Crippen LogP contribution in [-0.4, -0.2) is 12.6 Å². The van der Waals surface area contributed by atoms with Gasteiger partial charge in [-0.05, 0) is 36.8 Å². The number of benzene rings is 3. The van der Waals surface area contributed by atoms with Crippen molar-refractivity contribution in [1.29, 1.82) is 0 Å². The lowest BCUT2D eigenvalue weighted by molar-refractivity contribution is -0.152. The summed E-state index contributed by atoms with van der Waals surface area (Å²) in [5.41, 5.74) is 7.03. The van der Waals surface area contributed by atoms with Gasteiger partial charge in [0.25, 0.3) is 0 Å². The predicted molar refractivity (Wildman–Crippen MR) is 126 cm³/mol. The van der Waals surface area contributed by atoms with Crippen LogP contribution in [-0.2, 0) is 35.3 Å². The van der Waals surface area contributed by atoms with Crippen molar-refractivity contribution in [2.24, 2.45) is 5.73 Å². The Bertz CT molecular complexity index is 1390. The van der Waals surface area contributed by atoms with Crippen LogP contribution in [0, 0.1) is 5.82 Å². The van der Waals surface area contributed by atoms with Gasteiger partial charge in [0.1, 0.15) is 23.8 Å². The van der Waals surface area contributed by atoms with Gasteiger partial charge in [0.2, 0.25) is 5.76 Å². The number of carbonyl (C=O) groups excluding carboxylic acids is 1. The fourth-order valence-electron chi connectivity index (χ4n) is 3.90. The van der Waals surface area contributed by atoms with Crippen LogP contribution in [0.4, 0.5) is 17.6 Å². The average molecular weight is 501 g/mol. The monoisotopic (exact) mass is 501 g/mol. The molecule has 0 saturated carbocycles. The summed E-state index contributed by atoms with van der Waals surface area (Å²) < 4.78 is 71.3. The zero-order chi connectivity index (χ0) is 25.9. The summed E-state index contributed by atoms with van der Waals surface area (Å²) in [6, 6.07) is 15.3. The van der Waals surface area contributed by atoms with Crippen LogP contribution in [0.2, 0.25) is 0 Å². The molecule has 0 aliphatic carbocycles. The van der Waals surface area contributed by atoms with E-state index in [2.05, 4.69) is 0 Å². The number of rotatable bonds is 8. The first kappa shape index (κ1) is 25.2. The molecule has 4 aromatic rings. The zero-order valence-corrected chi connectivity index (χ0v) is 19.3. The number of alkyl halides is 3. The Kier molecular flexibility index (Phi) is 7.30. The molecule has 0 spiro atoms. The van der Waals surface area contributed by atoms with Crippen LogP contribution in [0.1, 0.15) is 29.4 Å². The van der Waals surface area contributed by atoms with Gasteiger partial charge in [-0.15, -0.1) is 0 Å². The zero-order valence-electron chi connectivity index (χ0n) is 19.3. The third kappa shape index (κ3) is 5.36. The van der Waals surface area contributed by atoms with Gasteiger partial charge in [-0.1, -0.05) is 36.4 Å². The van der Waals surface area contributed by atoms with E-state index < -0.39 is 23.7 Å². The third-order valence-electron chi connectivity index (χ3n) is 5.55. The van der Waals surface area contributed by atoms with Gasteiger partial charge < -0.3 is 19.6 Å². The Hall–Kier alpha value is -3.85. The summed E-state index contributed by atoms with van der Waals surface area (Å²) in [5.74, 6) is -1.81. The summed E-state index contributed by atoms with van der Waals surface area (Å²) in [5, 5.41) is 0.149. The van der Waals surface area contributed by atoms with Crippen molar-refractivity contribution >= 4 is 16.9 Å². The molecule has 0 aliphatic heterocycles. The molecule has 1 heterocycles. The van der Waals surface area contributed by atoms with E-state index in [4.69, 9.17) is 19.6 Å². The maximum Gasteiger partial charge on any atom is 0.449 e. The Balaban J connectivity index is 1.74. The topological polar surface area (TPSA) is 74.7 Å². The number of para-hydroxylation sites is 1. The Morgan fingerprint density at radius 2 is 1.75 bits per heavy atom. The minimum absolute atomic E-state index is 0.00205. The van der Waals surface area contributed by atoms with Gasteiger partial charge >= 0.3 is 12.1 Å². The number of carbonyl (C=O) groups is 1. The number of ether oxygens (including phenoxy) is 2. The molecule has 0 unspecified atom stereocenters. The van der Waals surface area contributed by atoms with Crippen molar-refractivity contribution in [1.82, 2.24) is 0 Å². The minimum Gasteiger partial charge on any atom is -0.489 e. The fourth-order valence-corrected chi connectivity index (χ4v) is 3.90. The highest BCUT2D eigenvalue weighted by atomic mass is 19.4. The largest absolute Gasteiger partial charge is 0.489 e. The molecule has 2 N–H and O–H groups in total. The number of halogens is 4. The molecular formula is C27H23F4NO4. The molecule has 9 heteroatoms. The summed E-state index contributed by atoms with van der Waals surface area (Å²) in [6.45, 7) is 1.83. The molecule has 0 bridgehead atoms. The highest BCUT2D eigenvalue weighted by Gasteiger charge is 2.35. The first-order chi connectivity index (χ1) is 17.2. The van der Waals surface area contributed by atoms with E-state index in [0.717, 1.165) is 6.07 Å². The van der Waals surface area contributed by atoms with Crippen LogP contribution in [0.15, 0.2) is 65.1 Å². The number of hydrogen-bond donors (Lipinski definition) is 1. The summed E-state index contributed by atoms with van der Waals surface area (Å²) >= 11 is 0. The minimum atomic E-state index is -4.71. The maximum atomic E-state index is 15.1. The summed E-state index contributed by atoms with van der Waals surface area (Å²) in [7, 11) is 0. The van der Waals surface area contributed by atoms with Gasteiger partial charge in [-0.2, -0.15) is 13.2 Å². The molecule has 1 aromatic heterocycles. The summed E-state index contributed by atoms with van der Waals surface area (Å²) in [4.78, 5) is 11.9. The molecule has 0 amide bonds. The van der Waals surface area contributed by atoms with Crippen molar-refractivity contribution in [3.05, 3.63) is 88.9 Å². The van der Waals surface area contributed by atoms with E-state index in [-0.39, 0.29) is 53.8 Å². The maximum absolute atomic E-state index is 15.1. The molecule has 0 atom stereocenters. The van der Waals surface area contributed by atoms with Gasteiger partial charge in [0, 0.05) is 34.2 Å². The lowest BCUT2D eigenvalue weighted by Gasteiger charge is -2.13. The van der Waals surface area contributed by atoms with Gasteiger partial charge in [-0.3, -0.25) is 4.79 Å². The normalized spacial score (nSPS) is 11.6. The summed E-state index contributed by atoms with van der Waals surface area (Å²) in [6.07, 6.45) is -4.71. The highest BCUT2D eigenvalue weighted by Crippen LogP contribution is 2.39. The van der Waals surface area contributed by atoms with Crippen molar-refractivity contribution in [3.8, 4) is 16.9 Å². The van der Waals surface area contributed by atoms with E-state index >= 15 is 4.39 Å². The van der Waals surface area contributed by atoms with Crippen LogP contribution >= 0.6 is 0 Å². The first-order valence-corrected chi connectivity index (χ1v) is 11.2. The van der Waals surface area contributed by atoms with Crippen LogP contribution in [0.5, 0.6) is 5.75 Å². The van der Waals surface area contributed by atoms with E-state index in [1.807, 2.05) is 0 Å². The van der Waals surface area contributed by atoms with Crippen LogP contribution in [0.25, 0.3) is 22.1 Å². The van der Waals surface area contributed by atoms with Gasteiger partial charge in [0.15, 0.2) is 0 Å². The van der Waals surface area contributed by atoms with Crippen molar-refractivity contribution in [2.45, 2.75) is 32.7 Å². The standard InChI is InChI=1S/C27H23F4NO4/c1-2-34-24(33)13-17-6-3-4-9-22(17)35-15-16-10-19-12-23(27(29,30)31)36-26(19)21(11-16)20-8-5-7-18(14-32)25(20)28/h3-12H,2,13-15,32H2,1H3. The lowest BCUT2D eigenvalue weighted by Crippen LogP contribution is -2.09. The number of nitrogens with two attached hydrogens (primary N) is 1. The van der Waals surface area contributed by atoms with E-state index in [1.165, 1.54) is 24.3 Å². The Labute approximate surface area is 204 Å². The smallest absolute Gasteiger partial charge is 0.449 e. The average Bonchev–Trinajstić information content (AvgIpc) is 3.28. The molecule has 0 aliphatic rings. The van der Waals surface area contributed by atoms with Crippen molar-refractivity contribution in [3.63, 3.8) is 0 Å². The lowest BCUT2D eigenvalue weighted by atomic mass is 9.98. The van der Waals surface area contributed by atoms with Gasteiger partial charge in [0.05, 0.1) is 13.0 Å². The molecule has 0 fully saturated rings. The molecule has 188 valence electrons. The third-order valence-corrected chi connectivity index (χ3v) is 5.55. The SMILES string of the molecule is CCOC(=O)Cc1ccccc1OCc1cc(-c2cccc(CN)c2F)c2oc(C(F)(F)F)cc2c1. The second-order valence-electron chi connectivity index (χ2n) is 8.03. The molecule has 36 heavy (non-hydrogen) atoms. The number of esters is 1. The van der Waals surface area contributed by atoms with Crippen molar-refractivity contribution in [2.75, 3.05) is 6.61 Å². The Morgan fingerprint density at radius 1 is 1.00 bits per heavy atom. The number of furan rings is 1. The predicted octanol–water partition coefficient (Wildman–Crippen LogP) is 6.40. The number of fused-ring (bicyclic) bond motifs is 1. The van der Waals surface area contributed by atoms with Gasteiger partial charge in [-0.25, -0.2) is 4.39 Å². The molecule has 4 rings (SSSR count). The second kappa shape index (κ2) is 10.4. The number of hydrogen-bond acceptors (Lipinski definition) is 5. The molecule has 3 aromatic carbocycles.